The smallest absolute Gasteiger partial charge is 0.244 e. The molecule has 1 aromatic heterocycles. The molecule has 0 aliphatic heterocycles. The van der Waals surface area contributed by atoms with E-state index in [1.165, 1.54) is 4.68 Å². The largest absolute Gasteiger partial charge is 0.344 e. The SMILES string of the molecule is CCN(C)C(=O)Cn1cc(C(C)N)nn1. The fraction of sp³-hybridized carbons (Fsp3) is 0.667. The van der Waals surface area contributed by atoms with Crippen LogP contribution in [-0.4, -0.2) is 39.4 Å². The maximum atomic E-state index is 11.5. The van der Waals surface area contributed by atoms with E-state index in [1.54, 1.807) is 18.1 Å². The van der Waals surface area contributed by atoms with Crippen molar-refractivity contribution in [1.29, 1.82) is 0 Å². The highest BCUT2D eigenvalue weighted by Crippen LogP contribution is 2.03. The molecule has 1 aromatic rings. The van der Waals surface area contributed by atoms with Crippen LogP contribution in [0, 0.1) is 0 Å². The summed E-state index contributed by atoms with van der Waals surface area (Å²) in [4.78, 5) is 13.2. The number of nitrogens with two attached hydrogens (primary N) is 1. The molecule has 0 aliphatic rings. The Labute approximate surface area is 89.0 Å². The van der Waals surface area contributed by atoms with E-state index in [2.05, 4.69) is 10.3 Å². The molecule has 6 nitrogen and oxygen atoms in total. The van der Waals surface area contributed by atoms with Crippen LogP contribution >= 0.6 is 0 Å². The van der Waals surface area contributed by atoms with Crippen molar-refractivity contribution in [2.75, 3.05) is 13.6 Å². The van der Waals surface area contributed by atoms with Gasteiger partial charge in [0.2, 0.25) is 5.91 Å². The Balaban J connectivity index is 2.61. The van der Waals surface area contributed by atoms with Crippen molar-refractivity contribution >= 4 is 5.91 Å². The minimum absolute atomic E-state index is 0.0126. The first kappa shape index (κ1) is 11.6. The fourth-order valence-corrected chi connectivity index (χ4v) is 1.03. The summed E-state index contributed by atoms with van der Waals surface area (Å²) in [7, 11) is 1.76. The average Bonchev–Trinajstić information content (AvgIpc) is 2.65. The molecule has 0 fully saturated rings. The number of aromatic nitrogens is 3. The monoisotopic (exact) mass is 211 g/mol. The van der Waals surface area contributed by atoms with Crippen LogP contribution in [0.4, 0.5) is 0 Å². The number of amides is 1. The highest BCUT2D eigenvalue weighted by molar-refractivity contribution is 5.75. The van der Waals surface area contributed by atoms with Gasteiger partial charge >= 0.3 is 0 Å². The zero-order valence-electron chi connectivity index (χ0n) is 9.34. The summed E-state index contributed by atoms with van der Waals surface area (Å²) < 4.78 is 1.51. The van der Waals surface area contributed by atoms with E-state index in [4.69, 9.17) is 5.73 Å². The fourth-order valence-electron chi connectivity index (χ4n) is 1.03. The van der Waals surface area contributed by atoms with Crippen LogP contribution in [0.5, 0.6) is 0 Å². The van der Waals surface area contributed by atoms with E-state index in [-0.39, 0.29) is 18.5 Å². The van der Waals surface area contributed by atoms with E-state index in [1.807, 2.05) is 13.8 Å². The highest BCUT2D eigenvalue weighted by atomic mass is 16.2. The molecule has 6 heteroatoms. The molecule has 0 bridgehead atoms. The van der Waals surface area contributed by atoms with Crippen molar-refractivity contribution in [3.8, 4) is 0 Å². The molecular formula is C9H17N5O. The van der Waals surface area contributed by atoms with Gasteiger partial charge in [0, 0.05) is 19.6 Å². The lowest BCUT2D eigenvalue weighted by molar-refractivity contribution is -0.130. The van der Waals surface area contributed by atoms with Crippen LogP contribution in [0.3, 0.4) is 0 Å². The molecule has 0 radical (unpaired) electrons. The number of rotatable bonds is 4. The highest BCUT2D eigenvalue weighted by Gasteiger charge is 2.10. The molecular weight excluding hydrogens is 194 g/mol. The van der Waals surface area contributed by atoms with E-state index in [9.17, 15) is 4.79 Å². The summed E-state index contributed by atoms with van der Waals surface area (Å²) in [6.07, 6.45) is 1.70. The Bertz CT molecular complexity index is 333. The third-order valence-electron chi connectivity index (χ3n) is 2.22. The van der Waals surface area contributed by atoms with Gasteiger partial charge in [0.05, 0.1) is 11.9 Å². The van der Waals surface area contributed by atoms with Crippen LogP contribution in [0.1, 0.15) is 25.6 Å². The van der Waals surface area contributed by atoms with Crippen LogP contribution in [-0.2, 0) is 11.3 Å². The zero-order chi connectivity index (χ0) is 11.4. The lowest BCUT2D eigenvalue weighted by Crippen LogP contribution is -2.30. The van der Waals surface area contributed by atoms with Crippen molar-refractivity contribution in [2.24, 2.45) is 5.73 Å². The predicted octanol–water partition coefficient (Wildman–Crippen LogP) is -0.224. The first-order valence-corrected chi connectivity index (χ1v) is 4.94. The summed E-state index contributed by atoms with van der Waals surface area (Å²) in [6.45, 7) is 4.65. The van der Waals surface area contributed by atoms with Gasteiger partial charge in [-0.3, -0.25) is 4.79 Å². The first-order valence-electron chi connectivity index (χ1n) is 4.94. The first-order chi connectivity index (χ1) is 7.04. The molecule has 15 heavy (non-hydrogen) atoms. The number of carbonyl (C=O) groups is 1. The van der Waals surface area contributed by atoms with E-state index in [0.717, 1.165) is 0 Å². The topological polar surface area (TPSA) is 77.0 Å². The van der Waals surface area contributed by atoms with Gasteiger partial charge in [0.25, 0.3) is 0 Å². The van der Waals surface area contributed by atoms with Gasteiger partial charge in [-0.25, -0.2) is 4.68 Å². The Morgan fingerprint density at radius 2 is 2.40 bits per heavy atom. The van der Waals surface area contributed by atoms with Crippen LogP contribution in [0.2, 0.25) is 0 Å². The molecule has 0 aromatic carbocycles. The molecule has 2 N–H and O–H groups in total. The van der Waals surface area contributed by atoms with Crippen molar-refractivity contribution in [3.05, 3.63) is 11.9 Å². The molecule has 0 aliphatic carbocycles. The maximum Gasteiger partial charge on any atom is 0.244 e. The summed E-state index contributed by atoms with van der Waals surface area (Å²) >= 11 is 0. The van der Waals surface area contributed by atoms with Gasteiger partial charge < -0.3 is 10.6 Å². The van der Waals surface area contributed by atoms with Crippen molar-refractivity contribution in [2.45, 2.75) is 26.4 Å². The second-order valence-corrected chi connectivity index (χ2v) is 3.54. The Hall–Kier alpha value is -1.43. The molecule has 1 heterocycles. The summed E-state index contributed by atoms with van der Waals surface area (Å²) in [5.74, 6) is 0.0126. The third kappa shape index (κ3) is 3.02. The summed E-state index contributed by atoms with van der Waals surface area (Å²) in [5.41, 5.74) is 6.33. The summed E-state index contributed by atoms with van der Waals surface area (Å²) in [5, 5.41) is 7.70. The quantitative estimate of drug-likeness (QED) is 0.746. The van der Waals surface area contributed by atoms with E-state index < -0.39 is 0 Å². The molecule has 0 saturated carbocycles. The molecule has 84 valence electrons. The minimum Gasteiger partial charge on any atom is -0.344 e. The van der Waals surface area contributed by atoms with Crippen LogP contribution in [0.25, 0.3) is 0 Å². The molecule has 1 rings (SSSR count). The predicted molar refractivity (Wildman–Crippen MR) is 55.9 cm³/mol. The van der Waals surface area contributed by atoms with E-state index in [0.29, 0.717) is 12.2 Å². The van der Waals surface area contributed by atoms with Gasteiger partial charge in [-0.05, 0) is 13.8 Å². The van der Waals surface area contributed by atoms with Crippen molar-refractivity contribution in [1.82, 2.24) is 19.9 Å². The number of carbonyl (C=O) groups excluding carboxylic acids is 1. The van der Waals surface area contributed by atoms with Crippen molar-refractivity contribution < 1.29 is 4.79 Å². The molecule has 1 amide bonds. The summed E-state index contributed by atoms with van der Waals surface area (Å²) in [6, 6.07) is -0.155. The minimum atomic E-state index is -0.155. The molecule has 1 unspecified atom stereocenters. The number of hydrogen-bond donors (Lipinski definition) is 1. The molecule has 0 saturated heterocycles. The standard InChI is InChI=1S/C9H17N5O/c1-4-13(3)9(15)6-14-5-8(7(2)10)11-12-14/h5,7H,4,6,10H2,1-3H3. The Morgan fingerprint density at radius 1 is 1.73 bits per heavy atom. The van der Waals surface area contributed by atoms with E-state index >= 15 is 0 Å². The second-order valence-electron chi connectivity index (χ2n) is 3.54. The maximum absolute atomic E-state index is 11.5. The zero-order valence-corrected chi connectivity index (χ0v) is 9.34. The van der Waals surface area contributed by atoms with Gasteiger partial charge in [-0.2, -0.15) is 0 Å². The third-order valence-corrected chi connectivity index (χ3v) is 2.22. The van der Waals surface area contributed by atoms with Crippen LogP contribution < -0.4 is 5.73 Å². The second kappa shape index (κ2) is 4.88. The molecule has 1 atom stereocenters. The van der Waals surface area contributed by atoms with Gasteiger partial charge in [-0.1, -0.05) is 5.21 Å². The van der Waals surface area contributed by atoms with Gasteiger partial charge in [0.15, 0.2) is 0 Å². The van der Waals surface area contributed by atoms with Crippen molar-refractivity contribution in [3.63, 3.8) is 0 Å². The van der Waals surface area contributed by atoms with Gasteiger partial charge in [0.1, 0.15) is 6.54 Å². The number of likely N-dealkylation sites (N-methyl/N-ethyl adjacent to an activating group) is 1. The lowest BCUT2D eigenvalue weighted by atomic mass is 10.3. The number of nitrogens with zero attached hydrogens (tertiary/aromatic N) is 4. The van der Waals surface area contributed by atoms with Crippen LogP contribution in [0.15, 0.2) is 6.20 Å². The molecule has 0 spiro atoms. The Morgan fingerprint density at radius 3 is 2.87 bits per heavy atom. The lowest BCUT2D eigenvalue weighted by Gasteiger charge is -2.13. The van der Waals surface area contributed by atoms with Gasteiger partial charge in [-0.15, -0.1) is 5.10 Å². The number of hydrogen-bond acceptors (Lipinski definition) is 4. The average molecular weight is 211 g/mol. The Kier molecular flexibility index (Phi) is 3.79. The normalized spacial score (nSPS) is 12.5.